The standard InChI is InChI=1S/C16H17ClN2S/c17-14-8-6-12(7-9-14)11-20-15(10-16(18)19)13-4-2-1-3-5-13/h1-9,15H,10-11H2,(H3,18,19). The second-order valence-corrected chi connectivity index (χ2v) is 6.19. The van der Waals surface area contributed by atoms with Crippen LogP contribution in [0.4, 0.5) is 0 Å². The van der Waals surface area contributed by atoms with Gasteiger partial charge < -0.3 is 5.73 Å². The smallest absolute Gasteiger partial charge is 0.0919 e. The van der Waals surface area contributed by atoms with Crippen molar-refractivity contribution in [3.63, 3.8) is 0 Å². The Hall–Kier alpha value is -1.45. The Balaban J connectivity index is 2.04. The van der Waals surface area contributed by atoms with Crippen LogP contribution in [-0.4, -0.2) is 5.84 Å². The second-order valence-electron chi connectivity index (χ2n) is 4.57. The fraction of sp³-hybridized carbons (Fsp3) is 0.188. The van der Waals surface area contributed by atoms with Crippen LogP contribution in [0.15, 0.2) is 54.6 Å². The van der Waals surface area contributed by atoms with Crippen LogP contribution in [0, 0.1) is 5.41 Å². The first-order chi connectivity index (χ1) is 9.65. The van der Waals surface area contributed by atoms with Gasteiger partial charge >= 0.3 is 0 Å². The Labute approximate surface area is 128 Å². The van der Waals surface area contributed by atoms with Gasteiger partial charge in [-0.15, -0.1) is 11.8 Å². The van der Waals surface area contributed by atoms with E-state index in [0.717, 1.165) is 10.8 Å². The SMILES string of the molecule is N=C(N)CC(SCc1ccc(Cl)cc1)c1ccccc1. The predicted octanol–water partition coefficient (Wildman–Crippen LogP) is 4.64. The van der Waals surface area contributed by atoms with E-state index in [1.54, 1.807) is 11.8 Å². The quantitative estimate of drug-likeness (QED) is 0.603. The minimum Gasteiger partial charge on any atom is -0.388 e. The molecule has 0 saturated heterocycles. The molecule has 20 heavy (non-hydrogen) atoms. The molecule has 2 aromatic carbocycles. The van der Waals surface area contributed by atoms with Crippen LogP contribution in [0.25, 0.3) is 0 Å². The number of halogens is 1. The van der Waals surface area contributed by atoms with E-state index in [1.165, 1.54) is 11.1 Å². The molecular formula is C16H17ClN2S. The third-order valence-corrected chi connectivity index (χ3v) is 4.53. The lowest BCUT2D eigenvalue weighted by molar-refractivity contribution is 0.984. The Morgan fingerprint density at radius 1 is 1.10 bits per heavy atom. The number of benzene rings is 2. The zero-order valence-corrected chi connectivity index (χ0v) is 12.6. The fourth-order valence-corrected chi connectivity index (χ4v) is 3.28. The second kappa shape index (κ2) is 7.36. The average Bonchev–Trinajstić information content (AvgIpc) is 2.46. The molecule has 0 aliphatic carbocycles. The van der Waals surface area contributed by atoms with Crippen LogP contribution in [-0.2, 0) is 5.75 Å². The van der Waals surface area contributed by atoms with E-state index in [-0.39, 0.29) is 11.1 Å². The highest BCUT2D eigenvalue weighted by molar-refractivity contribution is 7.98. The van der Waals surface area contributed by atoms with E-state index in [9.17, 15) is 0 Å². The number of nitrogens with two attached hydrogens (primary N) is 1. The summed E-state index contributed by atoms with van der Waals surface area (Å²) in [7, 11) is 0. The molecule has 0 amide bonds. The summed E-state index contributed by atoms with van der Waals surface area (Å²) < 4.78 is 0. The average molecular weight is 305 g/mol. The molecule has 0 aliphatic heterocycles. The van der Waals surface area contributed by atoms with Gasteiger partial charge in [0.15, 0.2) is 0 Å². The topological polar surface area (TPSA) is 49.9 Å². The Morgan fingerprint density at radius 3 is 2.35 bits per heavy atom. The van der Waals surface area contributed by atoms with E-state index in [4.69, 9.17) is 22.7 Å². The summed E-state index contributed by atoms with van der Waals surface area (Å²) in [5.41, 5.74) is 8.01. The lowest BCUT2D eigenvalue weighted by Gasteiger charge is -2.16. The molecular weight excluding hydrogens is 288 g/mol. The summed E-state index contributed by atoms with van der Waals surface area (Å²) in [6, 6.07) is 18.1. The molecule has 1 atom stereocenters. The number of hydrogen-bond acceptors (Lipinski definition) is 2. The van der Waals surface area contributed by atoms with Crippen molar-refractivity contribution in [2.75, 3.05) is 0 Å². The number of thioether (sulfide) groups is 1. The summed E-state index contributed by atoms with van der Waals surface area (Å²) in [5.74, 6) is 1.10. The molecule has 3 N–H and O–H groups in total. The monoisotopic (exact) mass is 304 g/mol. The highest BCUT2D eigenvalue weighted by atomic mass is 35.5. The van der Waals surface area contributed by atoms with Crippen molar-refractivity contribution < 1.29 is 0 Å². The summed E-state index contributed by atoms with van der Waals surface area (Å²) in [6.45, 7) is 0. The maximum Gasteiger partial charge on any atom is 0.0919 e. The van der Waals surface area contributed by atoms with Gasteiger partial charge in [-0.05, 0) is 23.3 Å². The Bertz CT molecular complexity index is 554. The van der Waals surface area contributed by atoms with Crippen molar-refractivity contribution in [1.82, 2.24) is 0 Å². The van der Waals surface area contributed by atoms with Gasteiger partial charge in [0.2, 0.25) is 0 Å². The van der Waals surface area contributed by atoms with Crippen molar-refractivity contribution in [3.05, 3.63) is 70.7 Å². The fourth-order valence-electron chi connectivity index (χ4n) is 1.92. The van der Waals surface area contributed by atoms with E-state index < -0.39 is 0 Å². The first-order valence-corrected chi connectivity index (χ1v) is 7.81. The maximum absolute atomic E-state index is 7.53. The van der Waals surface area contributed by atoms with Gasteiger partial charge in [-0.3, -0.25) is 5.41 Å². The van der Waals surface area contributed by atoms with Crippen molar-refractivity contribution in [1.29, 1.82) is 5.41 Å². The molecule has 2 rings (SSSR count). The van der Waals surface area contributed by atoms with E-state index in [1.807, 2.05) is 42.5 Å². The van der Waals surface area contributed by atoms with E-state index in [2.05, 4.69) is 12.1 Å². The minimum atomic E-state index is 0.212. The molecule has 2 aromatic rings. The molecule has 0 bridgehead atoms. The third kappa shape index (κ3) is 4.58. The van der Waals surface area contributed by atoms with Crippen LogP contribution in [0.5, 0.6) is 0 Å². The molecule has 2 nitrogen and oxygen atoms in total. The lowest BCUT2D eigenvalue weighted by Crippen LogP contribution is -2.13. The molecule has 0 aromatic heterocycles. The Kier molecular flexibility index (Phi) is 5.50. The third-order valence-electron chi connectivity index (χ3n) is 2.94. The molecule has 0 heterocycles. The van der Waals surface area contributed by atoms with Crippen LogP contribution >= 0.6 is 23.4 Å². The zero-order chi connectivity index (χ0) is 14.4. The minimum absolute atomic E-state index is 0.212. The van der Waals surface area contributed by atoms with Crippen molar-refractivity contribution in [2.24, 2.45) is 5.73 Å². The normalized spacial score (nSPS) is 12.1. The molecule has 0 saturated carbocycles. The van der Waals surface area contributed by atoms with E-state index >= 15 is 0 Å². The zero-order valence-electron chi connectivity index (χ0n) is 11.1. The van der Waals surface area contributed by atoms with Gasteiger partial charge in [0.1, 0.15) is 0 Å². The largest absolute Gasteiger partial charge is 0.388 e. The van der Waals surface area contributed by atoms with Gasteiger partial charge in [-0.25, -0.2) is 0 Å². The highest BCUT2D eigenvalue weighted by Gasteiger charge is 2.13. The van der Waals surface area contributed by atoms with Crippen LogP contribution in [0.3, 0.4) is 0 Å². The summed E-state index contributed by atoms with van der Waals surface area (Å²) in [5, 5.41) is 8.50. The highest BCUT2D eigenvalue weighted by Crippen LogP contribution is 2.34. The van der Waals surface area contributed by atoms with Gasteiger partial charge in [-0.1, -0.05) is 54.1 Å². The molecule has 0 fully saturated rings. The molecule has 0 spiro atoms. The van der Waals surface area contributed by atoms with Crippen LogP contribution in [0.2, 0.25) is 5.02 Å². The van der Waals surface area contributed by atoms with Gasteiger partial charge in [0, 0.05) is 22.4 Å². The number of amidine groups is 1. The Morgan fingerprint density at radius 2 is 1.75 bits per heavy atom. The summed E-state index contributed by atoms with van der Waals surface area (Å²) >= 11 is 7.69. The first-order valence-electron chi connectivity index (χ1n) is 6.39. The van der Waals surface area contributed by atoms with Crippen molar-refractivity contribution >= 4 is 29.2 Å². The van der Waals surface area contributed by atoms with Crippen molar-refractivity contribution in [3.8, 4) is 0 Å². The van der Waals surface area contributed by atoms with Crippen LogP contribution < -0.4 is 5.73 Å². The summed E-state index contributed by atoms with van der Waals surface area (Å²) in [4.78, 5) is 0. The van der Waals surface area contributed by atoms with E-state index in [0.29, 0.717) is 6.42 Å². The maximum atomic E-state index is 7.53. The molecule has 4 heteroatoms. The number of rotatable bonds is 6. The van der Waals surface area contributed by atoms with Crippen LogP contribution in [0.1, 0.15) is 22.8 Å². The van der Waals surface area contributed by atoms with Gasteiger partial charge in [0.25, 0.3) is 0 Å². The summed E-state index contributed by atoms with van der Waals surface area (Å²) in [6.07, 6.45) is 0.572. The van der Waals surface area contributed by atoms with Gasteiger partial charge in [-0.2, -0.15) is 0 Å². The predicted molar refractivity (Wildman–Crippen MR) is 88.5 cm³/mol. The first kappa shape index (κ1) is 14.9. The molecule has 0 aliphatic rings. The van der Waals surface area contributed by atoms with Crippen molar-refractivity contribution in [2.45, 2.75) is 17.4 Å². The lowest BCUT2D eigenvalue weighted by atomic mass is 10.1. The number of hydrogen-bond donors (Lipinski definition) is 2. The molecule has 0 radical (unpaired) electrons. The molecule has 104 valence electrons. The molecule has 1 unspecified atom stereocenters. The van der Waals surface area contributed by atoms with Gasteiger partial charge in [0.05, 0.1) is 5.84 Å². The number of nitrogens with one attached hydrogen (secondary N) is 1.